The second kappa shape index (κ2) is 7.44. The van der Waals surface area contributed by atoms with Gasteiger partial charge in [0, 0.05) is 12.1 Å². The van der Waals surface area contributed by atoms with E-state index in [1.54, 1.807) is 0 Å². The molecule has 0 amide bonds. The Morgan fingerprint density at radius 3 is 2.45 bits per heavy atom. The van der Waals surface area contributed by atoms with Crippen molar-refractivity contribution in [2.45, 2.75) is 0 Å². The van der Waals surface area contributed by atoms with E-state index in [2.05, 4.69) is 54.2 Å². The zero-order valence-electron chi connectivity index (χ0n) is 11.9. The summed E-state index contributed by atoms with van der Waals surface area (Å²) < 4.78 is 2.12. The van der Waals surface area contributed by atoms with Gasteiger partial charge in [-0.2, -0.15) is 0 Å². The van der Waals surface area contributed by atoms with Crippen LogP contribution in [0.3, 0.4) is 0 Å². The number of fused-ring (bicyclic) bond motifs is 1. The number of benzene rings is 2. The first-order valence-electron chi connectivity index (χ1n) is 6.66. The Morgan fingerprint density at radius 2 is 1.68 bits per heavy atom. The number of aromatic nitrogens is 1. The number of para-hydroxylation sites is 1. The first-order chi connectivity index (χ1) is 10.1. The monoisotopic (exact) mass is 441 g/mol. The second-order valence-corrected chi connectivity index (χ2v) is 5.72. The lowest BCUT2D eigenvalue weighted by molar-refractivity contribution is -0.644. The molecule has 22 heavy (non-hydrogen) atoms. The molecular formula is C18H14Cl2IN. The predicted octanol–water partition coefficient (Wildman–Crippen LogP) is 2.15. The van der Waals surface area contributed by atoms with Crippen LogP contribution in [0.4, 0.5) is 0 Å². The minimum absolute atomic E-state index is 0. The molecule has 112 valence electrons. The highest BCUT2D eigenvalue weighted by Crippen LogP contribution is 2.24. The van der Waals surface area contributed by atoms with Gasteiger partial charge in [-0.05, 0) is 29.3 Å². The van der Waals surface area contributed by atoms with Crippen molar-refractivity contribution in [3.8, 4) is 0 Å². The fraction of sp³-hybridized carbons (Fsp3) is 0.0556. The summed E-state index contributed by atoms with van der Waals surface area (Å²) in [6.45, 7) is 0. The lowest BCUT2D eigenvalue weighted by Crippen LogP contribution is -3.00. The Bertz CT molecular complexity index is 844. The average molecular weight is 442 g/mol. The Morgan fingerprint density at radius 1 is 0.909 bits per heavy atom. The molecule has 0 aliphatic carbocycles. The van der Waals surface area contributed by atoms with Crippen molar-refractivity contribution in [3.05, 3.63) is 75.9 Å². The van der Waals surface area contributed by atoms with Gasteiger partial charge in [-0.25, -0.2) is 4.57 Å². The van der Waals surface area contributed by atoms with Gasteiger partial charge in [-0.1, -0.05) is 53.6 Å². The van der Waals surface area contributed by atoms with E-state index in [0.717, 1.165) is 5.56 Å². The van der Waals surface area contributed by atoms with Gasteiger partial charge in [0.15, 0.2) is 6.20 Å². The van der Waals surface area contributed by atoms with E-state index in [9.17, 15) is 0 Å². The summed E-state index contributed by atoms with van der Waals surface area (Å²) in [5.41, 5.74) is 3.41. The smallest absolute Gasteiger partial charge is 0.212 e. The first kappa shape index (κ1) is 17.3. The van der Waals surface area contributed by atoms with Crippen molar-refractivity contribution in [1.29, 1.82) is 0 Å². The minimum Gasteiger partial charge on any atom is -1.00 e. The lowest BCUT2D eigenvalue weighted by atomic mass is 10.1. The van der Waals surface area contributed by atoms with Gasteiger partial charge in [0.25, 0.3) is 0 Å². The topological polar surface area (TPSA) is 3.88 Å². The lowest BCUT2D eigenvalue weighted by Gasteiger charge is -2.01. The van der Waals surface area contributed by atoms with Gasteiger partial charge in [0.05, 0.1) is 15.4 Å². The van der Waals surface area contributed by atoms with E-state index in [1.165, 1.54) is 16.5 Å². The highest BCUT2D eigenvalue weighted by atomic mass is 127. The number of hydrogen-bond donors (Lipinski definition) is 0. The summed E-state index contributed by atoms with van der Waals surface area (Å²) >= 11 is 12.0. The van der Waals surface area contributed by atoms with Crippen molar-refractivity contribution < 1.29 is 28.5 Å². The van der Waals surface area contributed by atoms with Crippen LogP contribution in [0, 0.1) is 0 Å². The maximum absolute atomic E-state index is 6.04. The average Bonchev–Trinajstić information content (AvgIpc) is 2.50. The molecule has 0 saturated carbocycles. The van der Waals surface area contributed by atoms with Gasteiger partial charge in [0.1, 0.15) is 7.05 Å². The third-order valence-electron chi connectivity index (χ3n) is 3.47. The van der Waals surface area contributed by atoms with Gasteiger partial charge in [0.2, 0.25) is 5.52 Å². The van der Waals surface area contributed by atoms with Crippen LogP contribution in [0.5, 0.6) is 0 Å². The molecule has 0 radical (unpaired) electrons. The number of rotatable bonds is 2. The molecule has 1 heterocycles. The number of hydrogen-bond acceptors (Lipinski definition) is 0. The van der Waals surface area contributed by atoms with Crippen molar-refractivity contribution >= 4 is 46.3 Å². The van der Waals surface area contributed by atoms with Crippen LogP contribution in [0.25, 0.3) is 23.1 Å². The minimum atomic E-state index is 0. The maximum atomic E-state index is 6.04. The Hall–Kier alpha value is -1.10. The van der Waals surface area contributed by atoms with Crippen LogP contribution in [0.1, 0.15) is 11.1 Å². The van der Waals surface area contributed by atoms with Crippen LogP contribution in [-0.4, -0.2) is 0 Å². The van der Waals surface area contributed by atoms with E-state index in [4.69, 9.17) is 23.2 Å². The van der Waals surface area contributed by atoms with Gasteiger partial charge in [-0.15, -0.1) is 0 Å². The Labute approximate surface area is 157 Å². The summed E-state index contributed by atoms with van der Waals surface area (Å²) in [7, 11) is 2.05. The summed E-state index contributed by atoms with van der Waals surface area (Å²) in [5, 5.41) is 2.37. The van der Waals surface area contributed by atoms with Crippen molar-refractivity contribution in [1.82, 2.24) is 0 Å². The van der Waals surface area contributed by atoms with Crippen LogP contribution in [-0.2, 0) is 7.05 Å². The third-order valence-corrected chi connectivity index (χ3v) is 4.21. The molecule has 0 N–H and O–H groups in total. The molecule has 3 rings (SSSR count). The second-order valence-electron chi connectivity index (χ2n) is 4.91. The van der Waals surface area contributed by atoms with E-state index < -0.39 is 0 Å². The van der Waals surface area contributed by atoms with Gasteiger partial charge < -0.3 is 24.0 Å². The predicted molar refractivity (Wildman–Crippen MR) is 90.5 cm³/mol. The summed E-state index contributed by atoms with van der Waals surface area (Å²) in [5.74, 6) is 0. The molecule has 2 aromatic carbocycles. The molecule has 0 bridgehead atoms. The van der Waals surface area contributed by atoms with E-state index in [-0.39, 0.29) is 24.0 Å². The summed E-state index contributed by atoms with van der Waals surface area (Å²) in [4.78, 5) is 0. The zero-order valence-corrected chi connectivity index (χ0v) is 15.6. The van der Waals surface area contributed by atoms with Gasteiger partial charge >= 0.3 is 0 Å². The maximum Gasteiger partial charge on any atom is 0.212 e. The molecule has 0 spiro atoms. The Kier molecular flexibility index (Phi) is 5.84. The van der Waals surface area contributed by atoms with Crippen molar-refractivity contribution in [2.75, 3.05) is 0 Å². The quantitative estimate of drug-likeness (QED) is 0.423. The third kappa shape index (κ3) is 3.62. The van der Waals surface area contributed by atoms with Crippen LogP contribution < -0.4 is 28.5 Å². The van der Waals surface area contributed by atoms with E-state index in [1.807, 2.05) is 24.3 Å². The van der Waals surface area contributed by atoms with Crippen LogP contribution in [0.15, 0.2) is 54.7 Å². The fourth-order valence-electron chi connectivity index (χ4n) is 2.33. The molecule has 1 nitrogen and oxygen atoms in total. The van der Waals surface area contributed by atoms with Crippen LogP contribution in [0.2, 0.25) is 10.0 Å². The number of pyridine rings is 1. The SMILES string of the molecule is C[n+]1ccc(/C=C/c2ccc(Cl)c(Cl)c2)c2ccccc21.[I-]. The molecule has 0 aliphatic rings. The summed E-state index contributed by atoms with van der Waals surface area (Å²) in [6.07, 6.45) is 6.21. The van der Waals surface area contributed by atoms with Crippen molar-refractivity contribution in [2.24, 2.45) is 7.05 Å². The number of nitrogens with zero attached hydrogens (tertiary/aromatic N) is 1. The zero-order chi connectivity index (χ0) is 14.8. The molecular weight excluding hydrogens is 428 g/mol. The van der Waals surface area contributed by atoms with Gasteiger partial charge in [-0.3, -0.25) is 0 Å². The molecule has 3 aromatic rings. The molecule has 0 fully saturated rings. The van der Waals surface area contributed by atoms with Crippen LogP contribution >= 0.6 is 23.2 Å². The molecule has 0 unspecified atom stereocenters. The standard InChI is InChI=1S/C18H14Cl2N.HI/c1-21-11-10-14(15-4-2-3-5-18(15)21)8-6-13-7-9-16(19)17(20)12-13;/h2-12H,1H3;1H/q+1;/p-1/b8-6+;. The molecule has 1 aromatic heterocycles. The molecule has 0 saturated heterocycles. The first-order valence-corrected chi connectivity index (χ1v) is 7.41. The number of aryl methyl sites for hydroxylation is 1. The summed E-state index contributed by atoms with van der Waals surface area (Å²) in [6, 6.07) is 16.1. The molecule has 4 heteroatoms. The molecule has 0 aliphatic heterocycles. The van der Waals surface area contributed by atoms with E-state index in [0.29, 0.717) is 10.0 Å². The number of halogens is 3. The normalized spacial score (nSPS) is 10.9. The largest absolute Gasteiger partial charge is 1.00 e. The van der Waals surface area contributed by atoms with Crippen molar-refractivity contribution in [3.63, 3.8) is 0 Å². The fourth-order valence-corrected chi connectivity index (χ4v) is 2.64. The highest BCUT2D eigenvalue weighted by Gasteiger charge is 2.06. The molecule has 0 atom stereocenters. The Balaban J connectivity index is 0.00000176. The highest BCUT2D eigenvalue weighted by molar-refractivity contribution is 6.42. The van der Waals surface area contributed by atoms with E-state index >= 15 is 0 Å².